The highest BCUT2D eigenvalue weighted by Crippen LogP contribution is 2.51. The Bertz CT molecular complexity index is 511. The Hall–Kier alpha value is -1.45. The highest BCUT2D eigenvalue weighted by molar-refractivity contribution is 5.85. The van der Waals surface area contributed by atoms with Crippen LogP contribution in [0.4, 0.5) is 8.78 Å². The third-order valence-corrected chi connectivity index (χ3v) is 3.48. The van der Waals surface area contributed by atoms with Crippen molar-refractivity contribution in [3.8, 4) is 0 Å². The van der Waals surface area contributed by atoms with Crippen LogP contribution in [-0.4, -0.2) is 11.1 Å². The molecule has 1 aliphatic carbocycles. The van der Waals surface area contributed by atoms with Gasteiger partial charge in [-0.05, 0) is 35.4 Å². The summed E-state index contributed by atoms with van der Waals surface area (Å²) in [5, 5.41) is 9.28. The van der Waals surface area contributed by atoms with E-state index in [0.29, 0.717) is 24.0 Å². The van der Waals surface area contributed by atoms with Gasteiger partial charge in [0.25, 0.3) is 0 Å². The summed E-state index contributed by atoms with van der Waals surface area (Å²) in [7, 11) is 0. The number of benzene rings is 1. The van der Waals surface area contributed by atoms with Crippen molar-refractivity contribution in [1.29, 1.82) is 0 Å². The molecule has 1 aliphatic rings. The van der Waals surface area contributed by atoms with Crippen molar-refractivity contribution in [2.45, 2.75) is 44.4 Å². The maximum atomic E-state index is 14.0. The van der Waals surface area contributed by atoms with Gasteiger partial charge < -0.3 is 5.11 Å². The average molecular weight is 254 g/mol. The first-order valence-electron chi connectivity index (χ1n) is 5.92. The third-order valence-electron chi connectivity index (χ3n) is 3.48. The van der Waals surface area contributed by atoms with Gasteiger partial charge in [0, 0.05) is 6.07 Å². The van der Waals surface area contributed by atoms with Crippen molar-refractivity contribution in [3.63, 3.8) is 0 Å². The maximum absolute atomic E-state index is 14.0. The van der Waals surface area contributed by atoms with E-state index < -0.39 is 28.4 Å². The van der Waals surface area contributed by atoms with Gasteiger partial charge in [0.1, 0.15) is 11.6 Å². The average Bonchev–Trinajstić information content (AvgIpc) is 2.93. The molecule has 2 rings (SSSR count). The molecule has 1 N–H and O–H groups in total. The largest absolute Gasteiger partial charge is 0.481 e. The van der Waals surface area contributed by atoms with Gasteiger partial charge in [-0.1, -0.05) is 20.8 Å². The molecular weight excluding hydrogens is 238 g/mol. The van der Waals surface area contributed by atoms with Crippen molar-refractivity contribution in [2.24, 2.45) is 0 Å². The molecular formula is C14H16F2O2. The molecule has 18 heavy (non-hydrogen) atoms. The Morgan fingerprint density at radius 2 is 1.83 bits per heavy atom. The lowest BCUT2D eigenvalue weighted by molar-refractivity contribution is -0.140. The molecule has 0 radical (unpaired) electrons. The van der Waals surface area contributed by atoms with Crippen LogP contribution >= 0.6 is 0 Å². The predicted molar refractivity (Wildman–Crippen MR) is 63.6 cm³/mol. The molecule has 0 unspecified atom stereocenters. The standard InChI is InChI=1S/C14H16F2O2/c1-13(2,3)11-9(6-8(15)7-10(11)16)14(4-5-14)12(17)18/h6-7H,4-5H2,1-3H3,(H,17,18). The van der Waals surface area contributed by atoms with E-state index in [2.05, 4.69) is 0 Å². The van der Waals surface area contributed by atoms with Crippen molar-refractivity contribution >= 4 is 5.97 Å². The number of rotatable bonds is 2. The molecule has 4 heteroatoms. The fourth-order valence-corrected chi connectivity index (χ4v) is 2.44. The second-order valence-corrected chi connectivity index (χ2v) is 5.95. The van der Waals surface area contributed by atoms with Crippen LogP contribution in [0.5, 0.6) is 0 Å². The first kappa shape index (κ1) is 13.0. The molecule has 0 aromatic heterocycles. The zero-order valence-corrected chi connectivity index (χ0v) is 10.7. The Labute approximate surface area is 105 Å². The summed E-state index contributed by atoms with van der Waals surface area (Å²) in [6, 6.07) is 1.99. The highest BCUT2D eigenvalue weighted by atomic mass is 19.1. The van der Waals surface area contributed by atoms with Gasteiger partial charge in [0.2, 0.25) is 0 Å². The van der Waals surface area contributed by atoms with E-state index in [1.165, 1.54) is 6.07 Å². The van der Waals surface area contributed by atoms with E-state index in [-0.39, 0.29) is 0 Å². The summed E-state index contributed by atoms with van der Waals surface area (Å²) in [6.45, 7) is 5.39. The van der Waals surface area contributed by atoms with Gasteiger partial charge in [0.05, 0.1) is 5.41 Å². The first-order chi connectivity index (χ1) is 8.18. The summed E-state index contributed by atoms with van der Waals surface area (Å²) in [5.41, 5.74) is -1.05. The monoisotopic (exact) mass is 254 g/mol. The number of hydrogen-bond donors (Lipinski definition) is 1. The van der Waals surface area contributed by atoms with E-state index in [1.54, 1.807) is 20.8 Å². The van der Waals surface area contributed by atoms with E-state index in [9.17, 15) is 18.7 Å². The lowest BCUT2D eigenvalue weighted by Crippen LogP contribution is -2.27. The van der Waals surface area contributed by atoms with Crippen LogP contribution in [0, 0.1) is 11.6 Å². The minimum Gasteiger partial charge on any atom is -0.481 e. The van der Waals surface area contributed by atoms with Crippen LogP contribution in [0.15, 0.2) is 12.1 Å². The number of aliphatic carboxylic acids is 1. The molecule has 2 nitrogen and oxygen atoms in total. The molecule has 0 bridgehead atoms. The topological polar surface area (TPSA) is 37.3 Å². The van der Waals surface area contributed by atoms with Crippen molar-refractivity contribution in [3.05, 3.63) is 34.9 Å². The second kappa shape index (κ2) is 3.77. The Morgan fingerprint density at radius 3 is 2.22 bits per heavy atom. The van der Waals surface area contributed by atoms with Gasteiger partial charge in [0.15, 0.2) is 0 Å². The van der Waals surface area contributed by atoms with E-state index in [4.69, 9.17) is 0 Å². The highest BCUT2D eigenvalue weighted by Gasteiger charge is 2.54. The smallest absolute Gasteiger partial charge is 0.314 e. The number of carboxylic acids is 1. The van der Waals surface area contributed by atoms with Crippen molar-refractivity contribution in [1.82, 2.24) is 0 Å². The molecule has 0 saturated heterocycles. The van der Waals surface area contributed by atoms with Gasteiger partial charge >= 0.3 is 5.97 Å². The number of carboxylic acid groups (broad SMARTS) is 1. The summed E-state index contributed by atoms with van der Waals surface area (Å²) in [4.78, 5) is 11.3. The molecule has 0 heterocycles. The van der Waals surface area contributed by atoms with Crippen LogP contribution in [0.1, 0.15) is 44.7 Å². The van der Waals surface area contributed by atoms with Crippen molar-refractivity contribution < 1.29 is 18.7 Å². The minimum absolute atomic E-state index is 0.292. The van der Waals surface area contributed by atoms with Crippen molar-refractivity contribution in [2.75, 3.05) is 0 Å². The first-order valence-corrected chi connectivity index (χ1v) is 5.92. The molecule has 0 amide bonds. The summed E-state index contributed by atoms with van der Waals surface area (Å²) in [5.74, 6) is -2.38. The number of carbonyl (C=O) groups is 1. The van der Waals surface area contributed by atoms with Crippen LogP contribution in [-0.2, 0) is 15.6 Å². The van der Waals surface area contributed by atoms with E-state index in [1.807, 2.05) is 0 Å². The maximum Gasteiger partial charge on any atom is 0.314 e. The number of hydrogen-bond acceptors (Lipinski definition) is 1. The third kappa shape index (κ3) is 1.89. The summed E-state index contributed by atoms with van der Waals surface area (Å²) < 4.78 is 27.4. The SMILES string of the molecule is CC(C)(C)c1c(F)cc(F)cc1C1(C(=O)O)CC1. The van der Waals surface area contributed by atoms with E-state index in [0.717, 1.165) is 6.07 Å². The minimum atomic E-state index is -1.09. The fourth-order valence-electron chi connectivity index (χ4n) is 2.44. The molecule has 0 atom stereocenters. The normalized spacial score (nSPS) is 17.6. The number of halogens is 2. The van der Waals surface area contributed by atoms with Gasteiger partial charge in [-0.25, -0.2) is 8.78 Å². The Kier molecular flexibility index (Phi) is 2.72. The van der Waals surface area contributed by atoms with E-state index >= 15 is 0 Å². The lowest BCUT2D eigenvalue weighted by Gasteiger charge is -2.26. The Morgan fingerprint density at radius 1 is 1.28 bits per heavy atom. The predicted octanol–water partition coefficient (Wildman–Crippen LogP) is 3.38. The van der Waals surface area contributed by atoms with Crippen LogP contribution < -0.4 is 0 Å². The lowest BCUT2D eigenvalue weighted by atomic mass is 9.78. The zero-order chi connectivity index (χ0) is 13.7. The molecule has 0 spiro atoms. The van der Waals surface area contributed by atoms with Crippen LogP contribution in [0.2, 0.25) is 0 Å². The van der Waals surface area contributed by atoms with Crippen LogP contribution in [0.3, 0.4) is 0 Å². The van der Waals surface area contributed by atoms with Gasteiger partial charge in [-0.2, -0.15) is 0 Å². The molecule has 0 aliphatic heterocycles. The van der Waals surface area contributed by atoms with Gasteiger partial charge in [-0.15, -0.1) is 0 Å². The quantitative estimate of drug-likeness (QED) is 0.878. The molecule has 1 saturated carbocycles. The molecule has 1 aromatic carbocycles. The molecule has 1 fully saturated rings. The Balaban J connectivity index is 2.70. The second-order valence-electron chi connectivity index (χ2n) is 5.95. The summed E-state index contributed by atoms with van der Waals surface area (Å²) >= 11 is 0. The van der Waals surface area contributed by atoms with Crippen LogP contribution in [0.25, 0.3) is 0 Å². The molecule has 98 valence electrons. The fraction of sp³-hybridized carbons (Fsp3) is 0.500. The summed E-state index contributed by atoms with van der Waals surface area (Å²) in [6.07, 6.45) is 0.878. The molecule has 1 aromatic rings. The van der Waals surface area contributed by atoms with Gasteiger partial charge in [-0.3, -0.25) is 4.79 Å². The zero-order valence-electron chi connectivity index (χ0n) is 10.7.